The van der Waals surface area contributed by atoms with Crippen LogP contribution in [0.15, 0.2) is 66.4 Å². The van der Waals surface area contributed by atoms with Gasteiger partial charge in [-0.3, -0.25) is 4.79 Å². The topological polar surface area (TPSA) is 64.9 Å². The summed E-state index contributed by atoms with van der Waals surface area (Å²) in [4.78, 5) is 12.0. The Balaban J connectivity index is 1.88. The number of nitriles is 1. The van der Waals surface area contributed by atoms with Crippen LogP contribution in [0.2, 0.25) is 5.02 Å². The van der Waals surface area contributed by atoms with E-state index in [4.69, 9.17) is 16.9 Å². The van der Waals surface area contributed by atoms with Gasteiger partial charge in [-0.25, -0.2) is 0 Å². The summed E-state index contributed by atoms with van der Waals surface area (Å²) in [7, 11) is 0. The Bertz CT molecular complexity index is 735. The maximum atomic E-state index is 12.0. The van der Waals surface area contributed by atoms with E-state index in [1.807, 2.05) is 54.6 Å². The quantitative estimate of drug-likeness (QED) is 0.633. The van der Waals surface area contributed by atoms with Crippen LogP contribution in [0.3, 0.4) is 0 Å². The van der Waals surface area contributed by atoms with Crippen molar-refractivity contribution in [3.05, 3.63) is 82.5 Å². The Morgan fingerprint density at radius 2 is 1.83 bits per heavy atom. The Morgan fingerprint density at radius 3 is 2.52 bits per heavy atom. The molecule has 0 saturated carbocycles. The van der Waals surface area contributed by atoms with E-state index in [1.54, 1.807) is 6.07 Å². The molecule has 2 rings (SSSR count). The van der Waals surface area contributed by atoms with Gasteiger partial charge in [0.2, 0.25) is 0 Å². The fraction of sp³-hybridized carbons (Fsp3) is 0.111. The molecule has 1 amide bonds. The van der Waals surface area contributed by atoms with Crippen molar-refractivity contribution >= 4 is 17.5 Å². The molecule has 0 bridgehead atoms. The highest BCUT2D eigenvalue weighted by Crippen LogP contribution is 2.10. The molecule has 0 aromatic heterocycles. The first-order valence-electron chi connectivity index (χ1n) is 7.09. The van der Waals surface area contributed by atoms with Crippen LogP contribution < -0.4 is 10.6 Å². The van der Waals surface area contributed by atoms with Crippen molar-refractivity contribution in [1.29, 1.82) is 5.26 Å². The van der Waals surface area contributed by atoms with E-state index in [-0.39, 0.29) is 5.57 Å². The van der Waals surface area contributed by atoms with Crippen LogP contribution in [0.5, 0.6) is 0 Å². The number of carbonyl (C=O) groups excluding carboxylic acids is 1. The number of nitrogens with zero attached hydrogens (tertiary/aromatic N) is 1. The molecule has 23 heavy (non-hydrogen) atoms. The third kappa shape index (κ3) is 5.50. The van der Waals surface area contributed by atoms with Gasteiger partial charge in [0.05, 0.1) is 0 Å². The lowest BCUT2D eigenvalue weighted by molar-refractivity contribution is -0.117. The summed E-state index contributed by atoms with van der Waals surface area (Å²) in [5.41, 5.74) is 1.98. The number of rotatable bonds is 6. The van der Waals surface area contributed by atoms with Crippen LogP contribution in [0.4, 0.5) is 0 Å². The van der Waals surface area contributed by atoms with Gasteiger partial charge in [-0.2, -0.15) is 5.26 Å². The molecule has 116 valence electrons. The van der Waals surface area contributed by atoms with Gasteiger partial charge < -0.3 is 10.6 Å². The smallest absolute Gasteiger partial charge is 0.263 e. The minimum Gasteiger partial charge on any atom is -0.386 e. The molecule has 0 aliphatic rings. The van der Waals surface area contributed by atoms with Crippen LogP contribution in [0.25, 0.3) is 0 Å². The van der Waals surface area contributed by atoms with Crippen LogP contribution in [0.1, 0.15) is 11.1 Å². The Morgan fingerprint density at radius 1 is 1.09 bits per heavy atom. The number of amides is 1. The molecule has 0 aliphatic heterocycles. The summed E-state index contributed by atoms with van der Waals surface area (Å²) in [6.07, 6.45) is 1.42. The molecule has 2 aromatic rings. The second kappa shape index (κ2) is 8.62. The minimum atomic E-state index is -0.407. The molecule has 5 heteroatoms. The van der Waals surface area contributed by atoms with E-state index in [0.29, 0.717) is 18.1 Å². The Kier molecular flexibility index (Phi) is 6.22. The molecule has 0 unspecified atom stereocenters. The van der Waals surface area contributed by atoms with Gasteiger partial charge in [-0.05, 0) is 23.3 Å². The maximum absolute atomic E-state index is 12.0. The van der Waals surface area contributed by atoms with Gasteiger partial charge in [-0.1, -0.05) is 54.1 Å². The first-order valence-corrected chi connectivity index (χ1v) is 7.47. The standard InChI is InChI=1S/C18H16ClN3O/c19-17-8-4-7-15(9-17)11-21-13-16(10-20)18(23)22-12-14-5-2-1-3-6-14/h1-9,13,21H,11-12H2,(H,22,23)/b16-13-. The van der Waals surface area contributed by atoms with Gasteiger partial charge in [0, 0.05) is 24.3 Å². The minimum absolute atomic E-state index is 0.0305. The van der Waals surface area contributed by atoms with Gasteiger partial charge in [0.15, 0.2) is 0 Å². The van der Waals surface area contributed by atoms with Gasteiger partial charge >= 0.3 is 0 Å². The average Bonchev–Trinajstić information content (AvgIpc) is 2.57. The lowest BCUT2D eigenvalue weighted by atomic mass is 10.2. The lowest BCUT2D eigenvalue weighted by Gasteiger charge is -2.05. The number of hydrogen-bond acceptors (Lipinski definition) is 3. The van der Waals surface area contributed by atoms with Gasteiger partial charge in [-0.15, -0.1) is 0 Å². The fourth-order valence-electron chi connectivity index (χ4n) is 1.94. The van der Waals surface area contributed by atoms with Crippen molar-refractivity contribution in [2.24, 2.45) is 0 Å². The molecule has 4 nitrogen and oxygen atoms in total. The number of benzene rings is 2. The van der Waals surface area contributed by atoms with E-state index in [9.17, 15) is 4.79 Å². The number of nitrogens with one attached hydrogen (secondary N) is 2. The van der Waals surface area contributed by atoms with Gasteiger partial charge in [0.25, 0.3) is 5.91 Å². The summed E-state index contributed by atoms with van der Waals surface area (Å²) in [6.45, 7) is 0.866. The third-order valence-electron chi connectivity index (χ3n) is 3.10. The maximum Gasteiger partial charge on any atom is 0.263 e. The predicted octanol–water partition coefficient (Wildman–Crippen LogP) is 3.15. The summed E-state index contributed by atoms with van der Waals surface area (Å²) >= 11 is 5.90. The van der Waals surface area contributed by atoms with E-state index in [0.717, 1.165) is 11.1 Å². The van der Waals surface area contributed by atoms with Crippen molar-refractivity contribution in [3.63, 3.8) is 0 Å². The Labute approximate surface area is 140 Å². The second-order valence-corrected chi connectivity index (χ2v) is 5.29. The van der Waals surface area contributed by atoms with E-state index < -0.39 is 5.91 Å². The molecule has 2 aromatic carbocycles. The summed E-state index contributed by atoms with van der Waals surface area (Å²) < 4.78 is 0. The second-order valence-electron chi connectivity index (χ2n) is 4.85. The zero-order valence-electron chi connectivity index (χ0n) is 12.4. The largest absolute Gasteiger partial charge is 0.386 e. The lowest BCUT2D eigenvalue weighted by Crippen LogP contribution is -2.25. The summed E-state index contributed by atoms with van der Waals surface area (Å²) in [6, 6.07) is 18.8. The Hall–Kier alpha value is -2.77. The van der Waals surface area contributed by atoms with E-state index in [2.05, 4.69) is 10.6 Å². The van der Waals surface area contributed by atoms with Gasteiger partial charge in [0.1, 0.15) is 11.6 Å². The molecule has 0 fully saturated rings. The molecular formula is C18H16ClN3O. The number of halogens is 1. The average molecular weight is 326 g/mol. The van der Waals surface area contributed by atoms with Crippen LogP contribution >= 0.6 is 11.6 Å². The first kappa shape index (κ1) is 16.6. The predicted molar refractivity (Wildman–Crippen MR) is 90.3 cm³/mol. The SMILES string of the molecule is N#C/C(=C/NCc1cccc(Cl)c1)C(=O)NCc1ccccc1. The van der Waals surface area contributed by atoms with E-state index in [1.165, 1.54) is 6.20 Å². The molecule has 0 saturated heterocycles. The van der Waals surface area contributed by atoms with Crippen molar-refractivity contribution < 1.29 is 4.79 Å². The zero-order chi connectivity index (χ0) is 16.5. The van der Waals surface area contributed by atoms with Crippen LogP contribution in [0, 0.1) is 11.3 Å². The van der Waals surface area contributed by atoms with Crippen molar-refractivity contribution in [2.75, 3.05) is 0 Å². The molecule has 0 aliphatic carbocycles. The molecule has 0 atom stereocenters. The van der Waals surface area contributed by atoms with Crippen molar-refractivity contribution in [1.82, 2.24) is 10.6 Å². The number of carbonyl (C=O) groups is 1. The third-order valence-corrected chi connectivity index (χ3v) is 3.34. The molecule has 0 spiro atoms. The monoisotopic (exact) mass is 325 g/mol. The highest BCUT2D eigenvalue weighted by molar-refractivity contribution is 6.30. The fourth-order valence-corrected chi connectivity index (χ4v) is 2.15. The highest BCUT2D eigenvalue weighted by atomic mass is 35.5. The molecule has 0 radical (unpaired) electrons. The van der Waals surface area contributed by atoms with E-state index >= 15 is 0 Å². The number of hydrogen-bond donors (Lipinski definition) is 2. The zero-order valence-corrected chi connectivity index (χ0v) is 13.2. The van der Waals surface area contributed by atoms with Crippen LogP contribution in [-0.4, -0.2) is 5.91 Å². The summed E-state index contributed by atoms with van der Waals surface area (Å²) in [5, 5.41) is 15.4. The first-order chi connectivity index (χ1) is 11.2. The highest BCUT2D eigenvalue weighted by Gasteiger charge is 2.08. The van der Waals surface area contributed by atoms with Crippen molar-refractivity contribution in [3.8, 4) is 6.07 Å². The molecule has 2 N–H and O–H groups in total. The molecular weight excluding hydrogens is 310 g/mol. The normalized spacial score (nSPS) is 10.7. The summed E-state index contributed by atoms with van der Waals surface area (Å²) in [5.74, 6) is -0.407. The van der Waals surface area contributed by atoms with Crippen molar-refractivity contribution in [2.45, 2.75) is 13.1 Å². The van der Waals surface area contributed by atoms with Crippen LogP contribution in [-0.2, 0) is 17.9 Å². The molecule has 0 heterocycles.